The molecule has 134 valence electrons. The molecule has 2 aromatic rings. The van der Waals surface area contributed by atoms with E-state index in [0.29, 0.717) is 12.8 Å². The average Bonchev–Trinajstić information content (AvgIpc) is 2.61. The molecule has 0 N–H and O–H groups in total. The van der Waals surface area contributed by atoms with Crippen molar-refractivity contribution in [2.24, 2.45) is 0 Å². The normalized spacial score (nSPS) is 14.0. The van der Waals surface area contributed by atoms with Crippen molar-refractivity contribution in [3.63, 3.8) is 0 Å². The number of hydrogen-bond acceptors (Lipinski definition) is 6. The van der Waals surface area contributed by atoms with Gasteiger partial charge in [-0.3, -0.25) is 4.79 Å². The van der Waals surface area contributed by atoms with Crippen molar-refractivity contribution in [2.75, 3.05) is 20.3 Å². The van der Waals surface area contributed by atoms with Crippen LogP contribution in [0.15, 0.2) is 36.4 Å². The van der Waals surface area contributed by atoms with Gasteiger partial charge in [0.2, 0.25) is 0 Å². The van der Waals surface area contributed by atoms with Crippen molar-refractivity contribution in [3.05, 3.63) is 52.1 Å². The van der Waals surface area contributed by atoms with Gasteiger partial charge in [-0.25, -0.2) is 0 Å². The summed E-state index contributed by atoms with van der Waals surface area (Å²) in [6.45, 7) is 1.86. The summed E-state index contributed by atoms with van der Waals surface area (Å²) in [5.41, 5.74) is 0.763. The van der Waals surface area contributed by atoms with Gasteiger partial charge in [-0.15, -0.1) is 10.1 Å². The van der Waals surface area contributed by atoms with Gasteiger partial charge in [0.25, 0.3) is 5.09 Å². The third kappa shape index (κ3) is 5.34. The standard InChI is InChI=1S/C18H21NO6/c1-13(18(20)24-9-3-4-10-25-19(21)22)14-5-6-16-12-17(23-2)8-7-15(16)11-14/h5-8,11-13H,3-4,9-10H2,1-2H3/t13-/m0/s1/i2D3. The zero-order chi connectivity index (χ0) is 20.7. The van der Waals surface area contributed by atoms with Gasteiger partial charge in [0.15, 0.2) is 0 Å². The summed E-state index contributed by atoms with van der Waals surface area (Å²) >= 11 is 0. The molecule has 7 heteroatoms. The third-order valence-corrected chi connectivity index (χ3v) is 3.79. The molecule has 0 aliphatic heterocycles. The highest BCUT2D eigenvalue weighted by molar-refractivity contribution is 5.86. The van der Waals surface area contributed by atoms with Crippen LogP contribution in [-0.4, -0.2) is 31.3 Å². The van der Waals surface area contributed by atoms with E-state index in [2.05, 4.69) is 4.84 Å². The molecule has 0 aromatic heterocycles. The van der Waals surface area contributed by atoms with Gasteiger partial charge in [-0.1, -0.05) is 24.3 Å². The van der Waals surface area contributed by atoms with Crippen molar-refractivity contribution >= 4 is 16.7 Å². The fraction of sp³-hybridized carbons (Fsp3) is 0.389. The van der Waals surface area contributed by atoms with Crippen molar-refractivity contribution in [3.8, 4) is 5.75 Å². The number of methoxy groups -OCH3 is 1. The lowest BCUT2D eigenvalue weighted by molar-refractivity contribution is -0.757. The van der Waals surface area contributed by atoms with E-state index in [1.807, 2.05) is 6.07 Å². The Kier molecular flexibility index (Phi) is 5.14. The van der Waals surface area contributed by atoms with E-state index in [-0.39, 0.29) is 19.0 Å². The second-order valence-electron chi connectivity index (χ2n) is 5.52. The number of unbranched alkanes of at least 4 members (excludes halogenated alkanes) is 1. The van der Waals surface area contributed by atoms with E-state index in [1.165, 1.54) is 0 Å². The first kappa shape index (κ1) is 14.5. The molecular weight excluding hydrogens is 326 g/mol. The molecule has 0 bridgehead atoms. The number of carbonyl (C=O) groups is 1. The molecule has 0 saturated carbocycles. The van der Waals surface area contributed by atoms with Crippen LogP contribution in [0.3, 0.4) is 0 Å². The molecule has 0 aliphatic carbocycles. The maximum atomic E-state index is 12.2. The Morgan fingerprint density at radius 2 is 1.92 bits per heavy atom. The molecule has 0 fully saturated rings. The molecule has 0 aliphatic rings. The Bertz CT molecular complexity index is 840. The zero-order valence-electron chi connectivity index (χ0n) is 16.8. The molecule has 0 saturated heterocycles. The van der Waals surface area contributed by atoms with Crippen LogP contribution in [-0.2, 0) is 14.4 Å². The van der Waals surface area contributed by atoms with Crippen molar-refractivity contribution in [1.82, 2.24) is 0 Å². The lowest BCUT2D eigenvalue weighted by Gasteiger charge is -2.13. The summed E-state index contributed by atoms with van der Waals surface area (Å²) in [6.07, 6.45) is 0.884. The lowest BCUT2D eigenvalue weighted by atomic mass is 9.98. The predicted octanol–water partition coefficient (Wildman–Crippen LogP) is 3.48. The largest absolute Gasteiger partial charge is 0.497 e. The van der Waals surface area contributed by atoms with Gasteiger partial charge in [0, 0.05) is 0 Å². The smallest absolute Gasteiger partial charge is 0.313 e. The SMILES string of the molecule is [2H]C([2H])([2H])Oc1ccc2cc([C@H](C)C(=O)OCCCCO[N+](=O)[O-])ccc2c1. The lowest BCUT2D eigenvalue weighted by Crippen LogP contribution is -2.14. The predicted molar refractivity (Wildman–Crippen MR) is 92.1 cm³/mol. The molecule has 0 radical (unpaired) electrons. The molecule has 0 unspecified atom stereocenters. The van der Waals surface area contributed by atoms with Gasteiger partial charge in [0.1, 0.15) is 5.75 Å². The first-order valence-corrected chi connectivity index (χ1v) is 7.82. The van der Waals surface area contributed by atoms with E-state index < -0.39 is 24.0 Å². The van der Waals surface area contributed by atoms with Crippen LogP contribution in [0.4, 0.5) is 0 Å². The van der Waals surface area contributed by atoms with E-state index in [1.54, 1.807) is 37.3 Å². The quantitative estimate of drug-likeness (QED) is 0.298. The number of carbonyl (C=O) groups excluding carboxylic acids is 1. The number of nitrogens with zero attached hydrogens (tertiary/aromatic N) is 1. The fourth-order valence-electron chi connectivity index (χ4n) is 2.35. The Morgan fingerprint density at radius 3 is 2.68 bits per heavy atom. The number of rotatable bonds is 9. The van der Waals surface area contributed by atoms with Gasteiger partial charge in [-0.2, -0.15) is 0 Å². The molecular formula is C18H21NO6. The Balaban J connectivity index is 1.93. The van der Waals surface area contributed by atoms with Crippen molar-refractivity contribution in [1.29, 1.82) is 0 Å². The van der Waals surface area contributed by atoms with Gasteiger partial charge < -0.3 is 14.3 Å². The summed E-state index contributed by atoms with van der Waals surface area (Å²) in [5.74, 6) is -0.636. The molecule has 7 nitrogen and oxygen atoms in total. The molecule has 0 spiro atoms. The van der Waals surface area contributed by atoms with E-state index in [0.717, 1.165) is 16.3 Å². The van der Waals surface area contributed by atoms with E-state index >= 15 is 0 Å². The summed E-state index contributed by atoms with van der Waals surface area (Å²) in [6, 6.07) is 10.3. The highest BCUT2D eigenvalue weighted by Crippen LogP contribution is 2.25. The highest BCUT2D eigenvalue weighted by atomic mass is 16.9. The second kappa shape index (κ2) is 8.86. The summed E-state index contributed by atoms with van der Waals surface area (Å²) in [7, 11) is -2.51. The van der Waals surface area contributed by atoms with Crippen molar-refractivity contribution < 1.29 is 28.3 Å². The van der Waals surface area contributed by atoms with Crippen LogP contribution < -0.4 is 4.74 Å². The highest BCUT2D eigenvalue weighted by Gasteiger charge is 2.17. The molecule has 2 rings (SSSR count). The van der Waals surface area contributed by atoms with Crippen LogP contribution in [0.2, 0.25) is 0 Å². The molecule has 0 amide bonds. The van der Waals surface area contributed by atoms with Crippen LogP contribution >= 0.6 is 0 Å². The maximum absolute atomic E-state index is 12.2. The average molecular weight is 350 g/mol. The summed E-state index contributed by atoms with van der Waals surface area (Å²) in [4.78, 5) is 26.4. The summed E-state index contributed by atoms with van der Waals surface area (Å²) in [5, 5.41) is 10.8. The Morgan fingerprint density at radius 1 is 1.20 bits per heavy atom. The van der Waals surface area contributed by atoms with Crippen molar-refractivity contribution in [2.45, 2.75) is 25.7 Å². The first-order valence-electron chi connectivity index (χ1n) is 9.32. The van der Waals surface area contributed by atoms with E-state index in [9.17, 15) is 14.9 Å². The minimum atomic E-state index is -2.51. The van der Waals surface area contributed by atoms with Crippen LogP contribution in [0.25, 0.3) is 10.8 Å². The molecule has 0 heterocycles. The topological polar surface area (TPSA) is 87.9 Å². The molecule has 2 aromatic carbocycles. The number of hydrogen-bond donors (Lipinski definition) is 0. The van der Waals surface area contributed by atoms with E-state index in [4.69, 9.17) is 13.6 Å². The third-order valence-electron chi connectivity index (χ3n) is 3.79. The van der Waals surface area contributed by atoms with Gasteiger partial charge in [0.05, 0.1) is 30.3 Å². The maximum Gasteiger partial charge on any atom is 0.313 e. The minimum Gasteiger partial charge on any atom is -0.497 e. The monoisotopic (exact) mass is 350 g/mol. The molecule has 25 heavy (non-hydrogen) atoms. The van der Waals surface area contributed by atoms with Gasteiger partial charge >= 0.3 is 5.97 Å². The Hall–Kier alpha value is -2.83. The fourth-order valence-corrected chi connectivity index (χ4v) is 2.35. The second-order valence-corrected chi connectivity index (χ2v) is 5.52. The van der Waals surface area contributed by atoms with Crippen LogP contribution in [0.1, 0.15) is 35.4 Å². The van der Waals surface area contributed by atoms with Crippen LogP contribution in [0, 0.1) is 10.1 Å². The number of esters is 1. The Labute approximate surface area is 149 Å². The first-order chi connectivity index (χ1) is 13.2. The molecule has 1 atom stereocenters. The zero-order valence-corrected chi connectivity index (χ0v) is 13.8. The summed E-state index contributed by atoms with van der Waals surface area (Å²) < 4.78 is 31.5. The minimum absolute atomic E-state index is 0.0295. The number of ether oxygens (including phenoxy) is 2. The van der Waals surface area contributed by atoms with Crippen LogP contribution in [0.5, 0.6) is 5.75 Å². The van der Waals surface area contributed by atoms with Gasteiger partial charge in [-0.05, 0) is 48.2 Å². The number of benzene rings is 2. The number of fused-ring (bicyclic) bond motifs is 1.